The number of hydrogen-bond donors (Lipinski definition) is 2. The summed E-state index contributed by atoms with van der Waals surface area (Å²) in [6, 6.07) is 0. The van der Waals surface area contributed by atoms with Crippen LogP contribution >= 0.6 is 0 Å². The van der Waals surface area contributed by atoms with Crippen molar-refractivity contribution in [2.24, 2.45) is 0 Å². The molecule has 70 valence electrons. The molecule has 0 heterocycles. The maximum Gasteiger partial charge on any atom is 0.246 e. The standard InChI is InChI=1S/C9H17NO2/c1-3-5-8(2)9(12)10-6-4-7-11/h5,11H,3-4,6-7H2,1-2H3,(H,10,12)/b8-5+. The molecule has 0 aromatic carbocycles. The highest BCUT2D eigenvalue weighted by atomic mass is 16.3. The minimum atomic E-state index is -0.0368. The average Bonchev–Trinajstić information content (AvgIpc) is 2.05. The predicted octanol–water partition coefficient (Wildman–Crippen LogP) is 0.841. The number of carbonyl (C=O) groups is 1. The molecule has 3 heteroatoms. The highest BCUT2D eigenvalue weighted by molar-refractivity contribution is 5.92. The van der Waals surface area contributed by atoms with Crippen LogP contribution in [0, 0.1) is 0 Å². The van der Waals surface area contributed by atoms with Crippen LogP contribution in [0.5, 0.6) is 0 Å². The van der Waals surface area contributed by atoms with Crippen LogP contribution < -0.4 is 5.32 Å². The van der Waals surface area contributed by atoms with E-state index < -0.39 is 0 Å². The molecule has 0 unspecified atom stereocenters. The summed E-state index contributed by atoms with van der Waals surface area (Å²) >= 11 is 0. The maximum atomic E-state index is 11.1. The van der Waals surface area contributed by atoms with Gasteiger partial charge in [0, 0.05) is 18.7 Å². The lowest BCUT2D eigenvalue weighted by Gasteiger charge is -2.02. The molecular formula is C9H17NO2. The van der Waals surface area contributed by atoms with Gasteiger partial charge >= 0.3 is 0 Å². The molecule has 0 saturated carbocycles. The van der Waals surface area contributed by atoms with Gasteiger partial charge in [-0.3, -0.25) is 4.79 Å². The molecule has 0 saturated heterocycles. The van der Waals surface area contributed by atoms with Gasteiger partial charge in [-0.25, -0.2) is 0 Å². The molecule has 0 aromatic heterocycles. The average molecular weight is 171 g/mol. The third kappa shape index (κ3) is 4.91. The van der Waals surface area contributed by atoms with Crippen LogP contribution in [0.3, 0.4) is 0 Å². The summed E-state index contributed by atoms with van der Waals surface area (Å²) in [5.74, 6) is -0.0368. The van der Waals surface area contributed by atoms with Gasteiger partial charge in [-0.15, -0.1) is 0 Å². The van der Waals surface area contributed by atoms with Gasteiger partial charge in [0.05, 0.1) is 0 Å². The second kappa shape index (κ2) is 6.85. The number of allylic oxidation sites excluding steroid dienone is 1. The van der Waals surface area contributed by atoms with E-state index in [-0.39, 0.29) is 12.5 Å². The van der Waals surface area contributed by atoms with Gasteiger partial charge in [0.25, 0.3) is 0 Å². The second-order valence-corrected chi connectivity index (χ2v) is 2.63. The Morgan fingerprint density at radius 3 is 2.75 bits per heavy atom. The normalized spacial score (nSPS) is 11.4. The lowest BCUT2D eigenvalue weighted by Crippen LogP contribution is -2.25. The first-order chi connectivity index (χ1) is 5.72. The first kappa shape index (κ1) is 11.2. The number of aliphatic hydroxyl groups excluding tert-OH is 1. The summed E-state index contributed by atoms with van der Waals surface area (Å²) in [4.78, 5) is 11.1. The molecule has 0 atom stereocenters. The van der Waals surface area contributed by atoms with Crippen molar-refractivity contribution in [2.45, 2.75) is 26.7 Å². The zero-order valence-electron chi connectivity index (χ0n) is 7.76. The molecule has 0 fully saturated rings. The topological polar surface area (TPSA) is 49.3 Å². The Balaban J connectivity index is 3.64. The monoisotopic (exact) mass is 171 g/mol. The smallest absolute Gasteiger partial charge is 0.246 e. The van der Waals surface area contributed by atoms with Crippen molar-refractivity contribution in [3.63, 3.8) is 0 Å². The lowest BCUT2D eigenvalue weighted by molar-refractivity contribution is -0.117. The van der Waals surface area contributed by atoms with Crippen molar-refractivity contribution in [2.75, 3.05) is 13.2 Å². The van der Waals surface area contributed by atoms with Crippen molar-refractivity contribution < 1.29 is 9.90 Å². The SMILES string of the molecule is CC/C=C(\C)C(=O)NCCCO. The van der Waals surface area contributed by atoms with E-state index in [0.717, 1.165) is 12.0 Å². The number of hydrogen-bond acceptors (Lipinski definition) is 2. The first-order valence-corrected chi connectivity index (χ1v) is 4.28. The number of nitrogens with one attached hydrogen (secondary N) is 1. The van der Waals surface area contributed by atoms with Crippen LogP contribution in [-0.2, 0) is 4.79 Å². The van der Waals surface area contributed by atoms with E-state index in [2.05, 4.69) is 5.32 Å². The van der Waals surface area contributed by atoms with E-state index >= 15 is 0 Å². The van der Waals surface area contributed by atoms with E-state index in [0.29, 0.717) is 13.0 Å². The van der Waals surface area contributed by atoms with Gasteiger partial charge in [-0.1, -0.05) is 13.0 Å². The predicted molar refractivity (Wildman–Crippen MR) is 48.8 cm³/mol. The molecule has 0 aliphatic carbocycles. The highest BCUT2D eigenvalue weighted by Gasteiger charge is 2.00. The second-order valence-electron chi connectivity index (χ2n) is 2.63. The quantitative estimate of drug-likeness (QED) is 0.475. The fourth-order valence-corrected chi connectivity index (χ4v) is 0.819. The van der Waals surface area contributed by atoms with Crippen LogP contribution in [0.4, 0.5) is 0 Å². The molecule has 0 aliphatic rings. The van der Waals surface area contributed by atoms with Crippen LogP contribution in [0.15, 0.2) is 11.6 Å². The molecule has 0 spiro atoms. The minimum absolute atomic E-state index is 0.0368. The summed E-state index contributed by atoms with van der Waals surface area (Å²) < 4.78 is 0. The summed E-state index contributed by atoms with van der Waals surface area (Å²) in [6.07, 6.45) is 3.37. The molecule has 0 aromatic rings. The zero-order valence-corrected chi connectivity index (χ0v) is 7.76. The van der Waals surface area contributed by atoms with Crippen molar-refractivity contribution in [3.05, 3.63) is 11.6 Å². The van der Waals surface area contributed by atoms with Crippen molar-refractivity contribution in [1.29, 1.82) is 0 Å². The lowest BCUT2D eigenvalue weighted by atomic mass is 10.2. The summed E-state index contributed by atoms with van der Waals surface area (Å²) in [6.45, 7) is 4.45. The van der Waals surface area contributed by atoms with Crippen molar-refractivity contribution in [1.82, 2.24) is 5.32 Å². The highest BCUT2D eigenvalue weighted by Crippen LogP contribution is 1.94. The minimum Gasteiger partial charge on any atom is -0.396 e. The van der Waals surface area contributed by atoms with Gasteiger partial charge < -0.3 is 10.4 Å². The van der Waals surface area contributed by atoms with Crippen molar-refractivity contribution in [3.8, 4) is 0 Å². The van der Waals surface area contributed by atoms with E-state index in [1.165, 1.54) is 0 Å². The van der Waals surface area contributed by atoms with Gasteiger partial charge in [-0.2, -0.15) is 0 Å². The molecule has 3 nitrogen and oxygen atoms in total. The van der Waals surface area contributed by atoms with E-state index in [9.17, 15) is 4.79 Å². The number of rotatable bonds is 5. The van der Waals surface area contributed by atoms with Gasteiger partial charge in [-0.05, 0) is 19.8 Å². The maximum absolute atomic E-state index is 11.1. The number of carbonyl (C=O) groups excluding carboxylic acids is 1. The Morgan fingerprint density at radius 2 is 2.25 bits per heavy atom. The molecule has 0 bridgehead atoms. The molecule has 1 amide bonds. The van der Waals surface area contributed by atoms with Crippen LogP contribution in [0.2, 0.25) is 0 Å². The summed E-state index contributed by atoms with van der Waals surface area (Å²) in [7, 11) is 0. The number of amides is 1. The molecular weight excluding hydrogens is 154 g/mol. The van der Waals surface area contributed by atoms with Crippen LogP contribution in [0.25, 0.3) is 0 Å². The molecule has 0 aliphatic heterocycles. The Bertz CT molecular complexity index is 164. The zero-order chi connectivity index (χ0) is 9.40. The molecule has 0 rings (SSSR count). The van der Waals surface area contributed by atoms with Gasteiger partial charge in [0.15, 0.2) is 0 Å². The van der Waals surface area contributed by atoms with E-state index in [1.54, 1.807) is 6.92 Å². The third-order valence-electron chi connectivity index (χ3n) is 1.49. The Kier molecular flexibility index (Phi) is 6.38. The Morgan fingerprint density at radius 1 is 1.58 bits per heavy atom. The summed E-state index contributed by atoms with van der Waals surface area (Å²) in [5.41, 5.74) is 0.746. The van der Waals surface area contributed by atoms with Crippen LogP contribution in [0.1, 0.15) is 26.7 Å². The van der Waals surface area contributed by atoms with Gasteiger partial charge in [0.1, 0.15) is 0 Å². The molecule has 12 heavy (non-hydrogen) atoms. The van der Waals surface area contributed by atoms with Gasteiger partial charge in [0.2, 0.25) is 5.91 Å². The Hall–Kier alpha value is -0.830. The van der Waals surface area contributed by atoms with E-state index in [1.807, 2.05) is 13.0 Å². The first-order valence-electron chi connectivity index (χ1n) is 4.28. The molecule has 2 N–H and O–H groups in total. The third-order valence-corrected chi connectivity index (χ3v) is 1.49. The fourth-order valence-electron chi connectivity index (χ4n) is 0.819. The summed E-state index contributed by atoms with van der Waals surface area (Å²) in [5, 5.41) is 11.2. The van der Waals surface area contributed by atoms with E-state index in [4.69, 9.17) is 5.11 Å². The fraction of sp³-hybridized carbons (Fsp3) is 0.667. The largest absolute Gasteiger partial charge is 0.396 e. The van der Waals surface area contributed by atoms with Crippen molar-refractivity contribution >= 4 is 5.91 Å². The van der Waals surface area contributed by atoms with Crippen LogP contribution in [-0.4, -0.2) is 24.2 Å². The molecule has 0 radical (unpaired) electrons. The Labute approximate surface area is 73.5 Å². The number of aliphatic hydroxyl groups is 1.